The van der Waals surface area contributed by atoms with Crippen molar-refractivity contribution in [2.75, 3.05) is 7.11 Å². The first-order valence-electron chi connectivity index (χ1n) is 4.95. The second kappa shape index (κ2) is 4.49. The molecule has 0 aromatic heterocycles. The molecule has 1 aromatic rings. The molecule has 0 spiro atoms. The van der Waals surface area contributed by atoms with Gasteiger partial charge in [-0.05, 0) is 44.3 Å². The Morgan fingerprint density at radius 3 is 2.65 bits per heavy atom. The zero-order chi connectivity index (χ0) is 12.7. The largest absolute Gasteiger partial charge is 0.505 e. The summed E-state index contributed by atoms with van der Waals surface area (Å²) in [5.41, 5.74) is 1.08. The number of aromatic hydroxyl groups is 1. The molecule has 1 N–H and O–H groups in total. The SMILES string of the molecule is COc1c(Br)c(O)c(Br)c2c1C(=O)OC(C)C2. The van der Waals surface area contributed by atoms with Crippen LogP contribution < -0.4 is 4.74 Å². The van der Waals surface area contributed by atoms with Crippen LogP contribution in [0.2, 0.25) is 0 Å². The van der Waals surface area contributed by atoms with Crippen LogP contribution in [-0.4, -0.2) is 24.3 Å². The quantitative estimate of drug-likeness (QED) is 0.777. The van der Waals surface area contributed by atoms with Gasteiger partial charge in [-0.25, -0.2) is 4.79 Å². The number of methoxy groups -OCH3 is 1. The normalized spacial score (nSPS) is 18.6. The minimum atomic E-state index is -0.433. The summed E-state index contributed by atoms with van der Waals surface area (Å²) in [6, 6.07) is 0. The van der Waals surface area contributed by atoms with E-state index in [2.05, 4.69) is 31.9 Å². The van der Waals surface area contributed by atoms with Crippen molar-refractivity contribution in [3.8, 4) is 11.5 Å². The zero-order valence-electron chi connectivity index (χ0n) is 9.21. The van der Waals surface area contributed by atoms with Crippen LogP contribution in [0.1, 0.15) is 22.8 Å². The number of rotatable bonds is 1. The maximum absolute atomic E-state index is 11.9. The van der Waals surface area contributed by atoms with E-state index in [9.17, 15) is 9.90 Å². The number of carbonyl (C=O) groups is 1. The maximum Gasteiger partial charge on any atom is 0.342 e. The molecule has 17 heavy (non-hydrogen) atoms. The van der Waals surface area contributed by atoms with Crippen molar-refractivity contribution >= 4 is 37.8 Å². The van der Waals surface area contributed by atoms with Crippen LogP contribution in [0.5, 0.6) is 11.5 Å². The topological polar surface area (TPSA) is 55.8 Å². The average molecular weight is 366 g/mol. The summed E-state index contributed by atoms with van der Waals surface area (Å²) < 4.78 is 11.2. The van der Waals surface area contributed by atoms with Gasteiger partial charge in [0.05, 0.1) is 11.6 Å². The minimum absolute atomic E-state index is 0.0301. The predicted octanol–water partition coefficient (Wildman–Crippen LogP) is 3.03. The zero-order valence-corrected chi connectivity index (χ0v) is 12.4. The van der Waals surface area contributed by atoms with Gasteiger partial charge in [0.2, 0.25) is 0 Å². The number of phenolic OH excluding ortho intramolecular Hbond substituents is 1. The van der Waals surface area contributed by atoms with Gasteiger partial charge in [0.25, 0.3) is 0 Å². The maximum atomic E-state index is 11.9. The molecule has 0 fully saturated rings. The molecule has 0 amide bonds. The fraction of sp³-hybridized carbons (Fsp3) is 0.364. The van der Waals surface area contributed by atoms with Crippen molar-refractivity contribution in [2.45, 2.75) is 19.4 Å². The number of ether oxygens (including phenoxy) is 2. The van der Waals surface area contributed by atoms with Crippen molar-refractivity contribution in [1.82, 2.24) is 0 Å². The Morgan fingerprint density at radius 1 is 1.41 bits per heavy atom. The highest BCUT2D eigenvalue weighted by Crippen LogP contribution is 2.46. The number of halogens is 2. The van der Waals surface area contributed by atoms with Gasteiger partial charge < -0.3 is 14.6 Å². The van der Waals surface area contributed by atoms with Gasteiger partial charge in [0, 0.05) is 6.42 Å². The minimum Gasteiger partial charge on any atom is -0.505 e. The van der Waals surface area contributed by atoms with E-state index < -0.39 is 5.97 Å². The summed E-state index contributed by atoms with van der Waals surface area (Å²) in [4.78, 5) is 11.9. The van der Waals surface area contributed by atoms with E-state index in [1.54, 1.807) is 6.92 Å². The lowest BCUT2D eigenvalue weighted by atomic mass is 9.98. The van der Waals surface area contributed by atoms with Crippen molar-refractivity contribution in [3.63, 3.8) is 0 Å². The molecule has 2 rings (SSSR count). The standard InChI is InChI=1S/C11H10Br2O4/c1-4-3-5-6(11(15)17-4)10(16-2)8(13)9(14)7(5)12/h4,14H,3H2,1-2H3. The highest BCUT2D eigenvalue weighted by Gasteiger charge is 2.32. The molecule has 6 heteroatoms. The molecule has 1 atom stereocenters. The van der Waals surface area contributed by atoms with Gasteiger partial charge in [0.15, 0.2) is 5.75 Å². The fourth-order valence-corrected chi connectivity index (χ4v) is 3.26. The molecule has 4 nitrogen and oxygen atoms in total. The number of cyclic esters (lactones) is 1. The Bertz CT molecular complexity index is 499. The molecule has 1 aliphatic rings. The van der Waals surface area contributed by atoms with Crippen LogP contribution in [0.15, 0.2) is 8.95 Å². The summed E-state index contributed by atoms with van der Waals surface area (Å²) in [7, 11) is 1.44. The number of hydrogen-bond acceptors (Lipinski definition) is 4. The molecule has 0 bridgehead atoms. The molecular formula is C11H10Br2O4. The smallest absolute Gasteiger partial charge is 0.342 e. The summed E-state index contributed by atoms with van der Waals surface area (Å²) in [5, 5.41) is 9.92. The summed E-state index contributed by atoms with van der Waals surface area (Å²) in [6.07, 6.45) is 0.329. The lowest BCUT2D eigenvalue weighted by Crippen LogP contribution is -2.26. The number of esters is 1. The van der Waals surface area contributed by atoms with Gasteiger partial charge in [-0.3, -0.25) is 0 Å². The Kier molecular flexibility index (Phi) is 3.36. The molecular weight excluding hydrogens is 356 g/mol. The van der Waals surface area contributed by atoms with Crippen LogP contribution in [-0.2, 0) is 11.2 Å². The average Bonchev–Trinajstić information content (AvgIpc) is 2.28. The van der Waals surface area contributed by atoms with Gasteiger partial charge in [0.1, 0.15) is 21.9 Å². The summed E-state index contributed by atoms with van der Waals surface area (Å²) in [5.74, 6) is -0.0999. The molecule has 0 saturated heterocycles. The first kappa shape index (κ1) is 12.7. The van der Waals surface area contributed by atoms with E-state index in [1.165, 1.54) is 7.11 Å². The van der Waals surface area contributed by atoms with Crippen molar-refractivity contribution < 1.29 is 19.4 Å². The fourth-order valence-electron chi connectivity index (χ4n) is 1.87. The monoisotopic (exact) mass is 364 g/mol. The lowest BCUT2D eigenvalue weighted by molar-refractivity contribution is 0.0295. The highest BCUT2D eigenvalue weighted by molar-refractivity contribution is 9.11. The third-order valence-corrected chi connectivity index (χ3v) is 4.21. The highest BCUT2D eigenvalue weighted by atomic mass is 79.9. The first-order valence-corrected chi connectivity index (χ1v) is 6.53. The van der Waals surface area contributed by atoms with Crippen molar-refractivity contribution in [1.29, 1.82) is 0 Å². The van der Waals surface area contributed by atoms with E-state index in [1.807, 2.05) is 0 Å². The van der Waals surface area contributed by atoms with Crippen LogP contribution in [0.4, 0.5) is 0 Å². The van der Waals surface area contributed by atoms with Crippen LogP contribution >= 0.6 is 31.9 Å². The molecule has 1 aromatic carbocycles. The van der Waals surface area contributed by atoms with E-state index in [-0.39, 0.29) is 11.9 Å². The first-order chi connectivity index (χ1) is 7.97. The van der Waals surface area contributed by atoms with E-state index in [4.69, 9.17) is 9.47 Å². The third kappa shape index (κ3) is 1.93. The Morgan fingerprint density at radius 2 is 2.06 bits per heavy atom. The lowest BCUT2D eigenvalue weighted by Gasteiger charge is -2.25. The molecule has 0 aliphatic carbocycles. The van der Waals surface area contributed by atoms with Gasteiger partial charge in [-0.15, -0.1) is 0 Å². The molecule has 1 unspecified atom stereocenters. The predicted molar refractivity (Wildman–Crippen MR) is 68.6 cm³/mol. The van der Waals surface area contributed by atoms with E-state index >= 15 is 0 Å². The second-order valence-corrected chi connectivity index (χ2v) is 5.37. The van der Waals surface area contributed by atoms with Crippen LogP contribution in [0.3, 0.4) is 0 Å². The Labute approximate surface area is 115 Å². The molecule has 1 aliphatic heterocycles. The summed E-state index contributed by atoms with van der Waals surface area (Å²) >= 11 is 6.49. The third-order valence-electron chi connectivity index (χ3n) is 2.62. The molecule has 1 heterocycles. The Hall–Kier alpha value is -0.750. The van der Waals surface area contributed by atoms with Gasteiger partial charge in [-0.1, -0.05) is 0 Å². The van der Waals surface area contributed by atoms with E-state index in [0.29, 0.717) is 32.2 Å². The van der Waals surface area contributed by atoms with Crippen LogP contribution in [0, 0.1) is 0 Å². The number of phenols is 1. The molecule has 0 radical (unpaired) electrons. The van der Waals surface area contributed by atoms with Gasteiger partial charge >= 0.3 is 5.97 Å². The number of fused-ring (bicyclic) bond motifs is 1. The van der Waals surface area contributed by atoms with Crippen molar-refractivity contribution in [3.05, 3.63) is 20.1 Å². The number of carbonyl (C=O) groups excluding carboxylic acids is 1. The van der Waals surface area contributed by atoms with Crippen molar-refractivity contribution in [2.24, 2.45) is 0 Å². The number of hydrogen-bond donors (Lipinski definition) is 1. The number of benzene rings is 1. The van der Waals surface area contributed by atoms with E-state index in [0.717, 1.165) is 0 Å². The molecule has 92 valence electrons. The Balaban J connectivity index is 2.77. The second-order valence-electron chi connectivity index (χ2n) is 3.78. The van der Waals surface area contributed by atoms with Crippen LogP contribution in [0.25, 0.3) is 0 Å². The molecule has 0 saturated carbocycles. The van der Waals surface area contributed by atoms with Gasteiger partial charge in [-0.2, -0.15) is 0 Å². The summed E-state index contributed by atoms with van der Waals surface area (Å²) in [6.45, 7) is 1.80.